The molecule has 1 aliphatic rings. The number of hydrogen-bond acceptors (Lipinski definition) is 5. The number of aromatic amines is 1. The van der Waals surface area contributed by atoms with Gasteiger partial charge >= 0.3 is 0 Å². The number of para-hydroxylation sites is 3. The summed E-state index contributed by atoms with van der Waals surface area (Å²) in [6.07, 6.45) is 3.35. The lowest BCUT2D eigenvalue weighted by Crippen LogP contribution is -2.49. The lowest BCUT2D eigenvalue weighted by atomic mass is 9.87. The molecular weight excluding hydrogens is 490 g/mol. The van der Waals surface area contributed by atoms with Crippen LogP contribution in [0.4, 0.5) is 5.69 Å². The monoisotopic (exact) mass is 527 g/mol. The average molecular weight is 528 g/mol. The van der Waals surface area contributed by atoms with Crippen LogP contribution in [0.25, 0.3) is 10.9 Å². The van der Waals surface area contributed by atoms with Gasteiger partial charge in [-0.25, -0.2) is 0 Å². The molecule has 1 unspecified atom stereocenters. The van der Waals surface area contributed by atoms with Gasteiger partial charge in [-0.2, -0.15) is 0 Å². The molecule has 1 aromatic heterocycles. The molecule has 0 bridgehead atoms. The molecule has 3 aromatic carbocycles. The summed E-state index contributed by atoms with van der Waals surface area (Å²) in [5.74, 6) is 2.26. The van der Waals surface area contributed by atoms with Crippen LogP contribution in [0.2, 0.25) is 0 Å². The van der Waals surface area contributed by atoms with Crippen molar-refractivity contribution in [2.24, 2.45) is 0 Å². The molecular formula is C32H37N3O4. The molecule has 7 nitrogen and oxygen atoms in total. The van der Waals surface area contributed by atoms with Crippen molar-refractivity contribution in [3.05, 3.63) is 83.6 Å². The Balaban J connectivity index is 1.43. The smallest absolute Gasteiger partial charge is 0.223 e. The van der Waals surface area contributed by atoms with Crippen molar-refractivity contribution in [3.8, 4) is 17.2 Å². The fourth-order valence-corrected chi connectivity index (χ4v) is 5.65. The van der Waals surface area contributed by atoms with Crippen LogP contribution in [0, 0.1) is 0 Å². The number of ether oxygens (including phenoxy) is 3. The van der Waals surface area contributed by atoms with Crippen LogP contribution in [0.3, 0.4) is 0 Å². The van der Waals surface area contributed by atoms with Gasteiger partial charge in [0, 0.05) is 61.7 Å². The summed E-state index contributed by atoms with van der Waals surface area (Å²) in [5.41, 5.74) is 5.57. The number of aromatic nitrogens is 1. The second kappa shape index (κ2) is 11.7. The van der Waals surface area contributed by atoms with Crippen molar-refractivity contribution in [3.63, 3.8) is 0 Å². The number of nitrogens with zero attached hydrogens (tertiary/aromatic N) is 2. The molecule has 0 spiro atoms. The zero-order chi connectivity index (χ0) is 27.4. The van der Waals surface area contributed by atoms with E-state index in [0.717, 1.165) is 53.0 Å². The maximum absolute atomic E-state index is 13.8. The highest BCUT2D eigenvalue weighted by atomic mass is 16.5. The number of H-pyrrole nitrogens is 1. The topological polar surface area (TPSA) is 67.0 Å². The summed E-state index contributed by atoms with van der Waals surface area (Å²) >= 11 is 0. The highest BCUT2D eigenvalue weighted by Crippen LogP contribution is 2.38. The van der Waals surface area contributed by atoms with E-state index in [-0.39, 0.29) is 11.8 Å². The van der Waals surface area contributed by atoms with Crippen LogP contribution in [0.15, 0.2) is 66.9 Å². The van der Waals surface area contributed by atoms with Gasteiger partial charge in [0.1, 0.15) is 17.2 Å². The largest absolute Gasteiger partial charge is 0.497 e. The molecule has 204 valence electrons. The number of amides is 1. The van der Waals surface area contributed by atoms with Crippen LogP contribution in [-0.2, 0) is 11.2 Å². The summed E-state index contributed by atoms with van der Waals surface area (Å²) in [4.78, 5) is 21.6. The molecule has 2 heterocycles. The number of aryl methyl sites for hydroxylation is 1. The molecule has 1 N–H and O–H groups in total. The summed E-state index contributed by atoms with van der Waals surface area (Å²) in [5, 5.41) is 1.15. The van der Waals surface area contributed by atoms with Gasteiger partial charge in [-0.3, -0.25) is 4.79 Å². The minimum absolute atomic E-state index is 0.141. The molecule has 1 saturated heterocycles. The first kappa shape index (κ1) is 26.5. The predicted molar refractivity (Wildman–Crippen MR) is 155 cm³/mol. The second-order valence-corrected chi connectivity index (χ2v) is 9.88. The van der Waals surface area contributed by atoms with Crippen molar-refractivity contribution in [1.82, 2.24) is 9.88 Å². The van der Waals surface area contributed by atoms with Crippen molar-refractivity contribution >= 4 is 22.5 Å². The highest BCUT2D eigenvalue weighted by molar-refractivity contribution is 5.88. The number of carbonyl (C=O) groups is 1. The van der Waals surface area contributed by atoms with Crippen LogP contribution in [0.1, 0.15) is 36.0 Å². The molecule has 0 saturated carbocycles. The van der Waals surface area contributed by atoms with Crippen LogP contribution in [0.5, 0.6) is 17.2 Å². The van der Waals surface area contributed by atoms with Gasteiger partial charge in [0.05, 0.1) is 27.0 Å². The number of rotatable bonds is 9. The fourth-order valence-electron chi connectivity index (χ4n) is 5.65. The second-order valence-electron chi connectivity index (χ2n) is 9.88. The molecule has 4 aromatic rings. The molecule has 1 atom stereocenters. The number of carbonyl (C=O) groups excluding carboxylic acids is 1. The van der Waals surface area contributed by atoms with E-state index in [9.17, 15) is 4.79 Å². The van der Waals surface area contributed by atoms with Gasteiger partial charge in [0.25, 0.3) is 0 Å². The van der Waals surface area contributed by atoms with E-state index in [1.807, 2.05) is 41.3 Å². The SMILES string of the molecule is CCc1cccc2c(C(CC(=O)N3CCN(c4ccccc4OC)CC3)c3cc(OC)cc(OC)c3)c[nH]c12. The lowest BCUT2D eigenvalue weighted by Gasteiger charge is -2.37. The Labute approximate surface area is 230 Å². The van der Waals surface area contributed by atoms with Gasteiger partial charge in [-0.15, -0.1) is 0 Å². The summed E-state index contributed by atoms with van der Waals surface area (Å²) < 4.78 is 16.7. The summed E-state index contributed by atoms with van der Waals surface area (Å²) in [6.45, 7) is 5.01. The Morgan fingerprint density at radius 1 is 0.897 bits per heavy atom. The third-order valence-corrected chi connectivity index (χ3v) is 7.80. The maximum Gasteiger partial charge on any atom is 0.223 e. The Morgan fingerprint density at radius 3 is 2.28 bits per heavy atom. The van der Waals surface area contributed by atoms with Crippen molar-refractivity contribution in [1.29, 1.82) is 0 Å². The molecule has 5 rings (SSSR count). The van der Waals surface area contributed by atoms with Crippen molar-refractivity contribution in [2.45, 2.75) is 25.7 Å². The molecule has 1 aliphatic heterocycles. The third kappa shape index (κ3) is 5.39. The van der Waals surface area contributed by atoms with E-state index >= 15 is 0 Å². The molecule has 1 amide bonds. The third-order valence-electron chi connectivity index (χ3n) is 7.80. The fraction of sp³-hybridized carbons (Fsp3) is 0.344. The number of anilines is 1. The normalized spacial score (nSPS) is 14.4. The zero-order valence-electron chi connectivity index (χ0n) is 23.2. The van der Waals surface area contributed by atoms with Gasteiger partial charge in [0.15, 0.2) is 0 Å². The molecule has 0 radical (unpaired) electrons. The summed E-state index contributed by atoms with van der Waals surface area (Å²) in [6, 6.07) is 20.3. The van der Waals surface area contributed by atoms with Crippen molar-refractivity contribution < 1.29 is 19.0 Å². The van der Waals surface area contributed by atoms with E-state index in [4.69, 9.17) is 14.2 Å². The maximum atomic E-state index is 13.8. The molecule has 1 fully saturated rings. The average Bonchev–Trinajstić information content (AvgIpc) is 3.43. The molecule has 0 aliphatic carbocycles. The summed E-state index contributed by atoms with van der Waals surface area (Å²) in [7, 11) is 5.00. The number of benzene rings is 3. The quantitative estimate of drug-likeness (QED) is 0.306. The Hall–Kier alpha value is -4.13. The first-order valence-corrected chi connectivity index (χ1v) is 13.5. The van der Waals surface area contributed by atoms with E-state index < -0.39 is 0 Å². The Bertz CT molecular complexity index is 1420. The van der Waals surface area contributed by atoms with Gasteiger partial charge < -0.3 is 29.0 Å². The standard InChI is InChI=1S/C32H37N3O4/c1-5-22-9-8-10-26-28(21-33-32(22)26)27(23-17-24(37-2)19-25(18-23)38-3)20-31(36)35-15-13-34(14-16-35)29-11-6-7-12-30(29)39-4/h6-12,17-19,21,27,33H,5,13-16,20H2,1-4H3. The minimum Gasteiger partial charge on any atom is -0.497 e. The van der Waals surface area contributed by atoms with E-state index in [2.05, 4.69) is 47.3 Å². The molecule has 7 heteroatoms. The lowest BCUT2D eigenvalue weighted by molar-refractivity contribution is -0.131. The first-order chi connectivity index (χ1) is 19.1. The number of fused-ring (bicyclic) bond motifs is 1. The number of methoxy groups -OCH3 is 3. The van der Waals surface area contributed by atoms with Crippen molar-refractivity contribution in [2.75, 3.05) is 52.4 Å². The number of piperazine rings is 1. The Morgan fingerprint density at radius 2 is 1.62 bits per heavy atom. The van der Waals surface area contributed by atoms with E-state index in [1.165, 1.54) is 5.56 Å². The van der Waals surface area contributed by atoms with Gasteiger partial charge in [-0.05, 0) is 47.4 Å². The van der Waals surface area contributed by atoms with Crippen LogP contribution < -0.4 is 19.1 Å². The number of nitrogens with one attached hydrogen (secondary N) is 1. The first-order valence-electron chi connectivity index (χ1n) is 13.5. The number of hydrogen-bond donors (Lipinski definition) is 1. The minimum atomic E-state index is -0.158. The predicted octanol–water partition coefficient (Wildman–Crippen LogP) is 5.63. The zero-order valence-corrected chi connectivity index (χ0v) is 23.2. The Kier molecular flexibility index (Phi) is 7.96. The van der Waals surface area contributed by atoms with Crippen LogP contribution in [-0.4, -0.2) is 63.3 Å². The van der Waals surface area contributed by atoms with Crippen LogP contribution >= 0.6 is 0 Å². The molecule has 39 heavy (non-hydrogen) atoms. The van der Waals surface area contributed by atoms with E-state index in [0.29, 0.717) is 31.0 Å². The van der Waals surface area contributed by atoms with Gasteiger partial charge in [0.2, 0.25) is 5.91 Å². The van der Waals surface area contributed by atoms with Gasteiger partial charge in [-0.1, -0.05) is 37.3 Å². The van der Waals surface area contributed by atoms with E-state index in [1.54, 1.807) is 21.3 Å². The highest BCUT2D eigenvalue weighted by Gasteiger charge is 2.28.